The lowest BCUT2D eigenvalue weighted by molar-refractivity contribution is 0.0315. The zero-order valence-corrected chi connectivity index (χ0v) is 11.1. The molecule has 90 valence electrons. The van der Waals surface area contributed by atoms with Crippen molar-refractivity contribution < 1.29 is 5.11 Å². The van der Waals surface area contributed by atoms with Crippen LogP contribution in [0.15, 0.2) is 0 Å². The van der Waals surface area contributed by atoms with E-state index >= 15 is 0 Å². The van der Waals surface area contributed by atoms with Crippen LogP contribution in [0.4, 0.5) is 0 Å². The van der Waals surface area contributed by atoms with Gasteiger partial charge in [0.1, 0.15) is 0 Å². The second-order valence-corrected chi connectivity index (χ2v) is 6.57. The molecule has 1 heterocycles. The maximum Gasteiger partial charge on any atom is 0.0869 e. The van der Waals surface area contributed by atoms with Crippen LogP contribution in [0.25, 0.3) is 0 Å². The quantitative estimate of drug-likeness (QED) is 0.734. The lowest BCUT2D eigenvalue weighted by Gasteiger charge is -2.29. The van der Waals surface area contributed by atoms with E-state index < -0.39 is 5.60 Å². The minimum Gasteiger partial charge on any atom is -0.388 e. The summed E-state index contributed by atoms with van der Waals surface area (Å²) in [5, 5.41) is 14.3. The highest BCUT2D eigenvalue weighted by Gasteiger charge is 2.27. The Kier molecular flexibility index (Phi) is 4.90. The van der Waals surface area contributed by atoms with Crippen LogP contribution in [0.2, 0.25) is 0 Å². The van der Waals surface area contributed by atoms with Gasteiger partial charge >= 0.3 is 0 Å². The van der Waals surface area contributed by atoms with E-state index in [0.29, 0.717) is 24.4 Å². The molecule has 1 rings (SSSR count). The van der Waals surface area contributed by atoms with E-state index in [9.17, 15) is 5.11 Å². The summed E-state index contributed by atoms with van der Waals surface area (Å²) in [5.74, 6) is 1.24. The summed E-state index contributed by atoms with van der Waals surface area (Å²) in [6.07, 6.45) is 1.23. The third-order valence-electron chi connectivity index (χ3n) is 2.78. The molecular weight excluding hydrogens is 208 g/mol. The number of nitrogens with one attached hydrogen (secondary N) is 1. The average Bonchev–Trinajstić information content (AvgIpc) is 2.45. The van der Waals surface area contributed by atoms with Gasteiger partial charge in [0.15, 0.2) is 0 Å². The van der Waals surface area contributed by atoms with E-state index in [2.05, 4.69) is 12.2 Å². The van der Waals surface area contributed by atoms with Crippen LogP contribution in [0.5, 0.6) is 0 Å². The maximum absolute atomic E-state index is 10.1. The molecule has 0 aliphatic carbocycles. The van der Waals surface area contributed by atoms with Crippen molar-refractivity contribution in [2.24, 2.45) is 0 Å². The molecule has 0 radical (unpaired) electrons. The minimum absolute atomic E-state index is 0.573. The molecule has 0 aromatic carbocycles. The van der Waals surface area contributed by atoms with Crippen LogP contribution in [-0.2, 0) is 0 Å². The van der Waals surface area contributed by atoms with Gasteiger partial charge in [-0.05, 0) is 33.2 Å². The van der Waals surface area contributed by atoms with Crippen molar-refractivity contribution in [2.75, 3.05) is 32.9 Å². The number of nitrogens with zero attached hydrogens (tertiary/aromatic N) is 1. The zero-order chi connectivity index (χ0) is 11.5. The average molecular weight is 232 g/mol. The highest BCUT2D eigenvalue weighted by Crippen LogP contribution is 2.26. The number of hydrogen-bond donors (Lipinski definition) is 2. The summed E-state index contributed by atoms with van der Waals surface area (Å²) in [7, 11) is 3.98. The Balaban J connectivity index is 2.28. The van der Waals surface area contributed by atoms with E-state index in [1.54, 1.807) is 0 Å². The van der Waals surface area contributed by atoms with Crippen molar-refractivity contribution in [3.05, 3.63) is 0 Å². The van der Waals surface area contributed by atoms with E-state index in [-0.39, 0.29) is 0 Å². The minimum atomic E-state index is -0.628. The first-order valence-corrected chi connectivity index (χ1v) is 6.68. The predicted octanol–water partition coefficient (Wildman–Crippen LogP) is 0.783. The van der Waals surface area contributed by atoms with Crippen LogP contribution in [0.3, 0.4) is 0 Å². The van der Waals surface area contributed by atoms with Gasteiger partial charge in [0.05, 0.1) is 5.60 Å². The second kappa shape index (κ2) is 5.53. The van der Waals surface area contributed by atoms with Gasteiger partial charge in [-0.1, -0.05) is 6.92 Å². The summed E-state index contributed by atoms with van der Waals surface area (Å²) in [5.41, 5.74) is -0.628. The highest BCUT2D eigenvalue weighted by atomic mass is 32.2. The molecule has 15 heavy (non-hydrogen) atoms. The van der Waals surface area contributed by atoms with Crippen molar-refractivity contribution in [1.29, 1.82) is 0 Å². The van der Waals surface area contributed by atoms with Crippen LogP contribution in [0, 0.1) is 0 Å². The highest BCUT2D eigenvalue weighted by molar-refractivity contribution is 8.00. The van der Waals surface area contributed by atoms with Crippen molar-refractivity contribution in [3.63, 3.8) is 0 Å². The molecule has 3 atom stereocenters. The van der Waals surface area contributed by atoms with Gasteiger partial charge in [0, 0.05) is 24.4 Å². The summed E-state index contributed by atoms with van der Waals surface area (Å²) in [6.45, 7) is 5.54. The molecule has 0 bridgehead atoms. The summed E-state index contributed by atoms with van der Waals surface area (Å²) < 4.78 is 0. The smallest absolute Gasteiger partial charge is 0.0869 e. The first-order valence-electron chi connectivity index (χ1n) is 5.63. The van der Waals surface area contributed by atoms with Crippen LogP contribution >= 0.6 is 11.8 Å². The van der Waals surface area contributed by atoms with Gasteiger partial charge < -0.3 is 15.3 Å². The lowest BCUT2D eigenvalue weighted by atomic mass is 10.1. The van der Waals surface area contributed by atoms with Crippen LogP contribution < -0.4 is 5.32 Å². The third kappa shape index (κ3) is 4.72. The molecular formula is C11H24N2OS. The fraction of sp³-hybridized carbons (Fsp3) is 1.00. The molecule has 0 aromatic rings. The molecule has 3 nitrogen and oxygen atoms in total. The molecule has 0 amide bonds. The topological polar surface area (TPSA) is 35.5 Å². The summed E-state index contributed by atoms with van der Waals surface area (Å²) in [6, 6.07) is 0.573. The Morgan fingerprint density at radius 3 is 2.67 bits per heavy atom. The molecule has 0 saturated carbocycles. The number of likely N-dealkylation sites (N-methyl/N-ethyl adjacent to an activating group) is 1. The predicted molar refractivity (Wildman–Crippen MR) is 67.5 cm³/mol. The van der Waals surface area contributed by atoms with Gasteiger partial charge in [-0.3, -0.25) is 0 Å². The normalized spacial score (nSPS) is 30.8. The fourth-order valence-corrected chi connectivity index (χ4v) is 3.31. The molecule has 1 aliphatic heterocycles. The molecule has 0 aromatic heterocycles. The number of rotatable bonds is 5. The molecule has 4 heteroatoms. The van der Waals surface area contributed by atoms with Gasteiger partial charge in [0.2, 0.25) is 0 Å². The molecule has 3 unspecified atom stereocenters. The Morgan fingerprint density at radius 2 is 2.20 bits per heavy atom. The Labute approximate surface area is 97.6 Å². The Bertz CT molecular complexity index is 197. The number of hydrogen-bond acceptors (Lipinski definition) is 4. The molecule has 0 spiro atoms. The first kappa shape index (κ1) is 13.3. The van der Waals surface area contributed by atoms with Crippen molar-refractivity contribution in [3.8, 4) is 0 Å². The van der Waals surface area contributed by atoms with Crippen LogP contribution in [0.1, 0.15) is 20.3 Å². The molecule has 2 N–H and O–H groups in total. The zero-order valence-electron chi connectivity index (χ0n) is 10.3. The van der Waals surface area contributed by atoms with E-state index in [0.717, 1.165) is 0 Å². The lowest BCUT2D eigenvalue weighted by Crippen LogP contribution is -2.49. The van der Waals surface area contributed by atoms with E-state index in [4.69, 9.17) is 0 Å². The molecule has 1 fully saturated rings. The fourth-order valence-electron chi connectivity index (χ4n) is 2.09. The largest absolute Gasteiger partial charge is 0.388 e. The van der Waals surface area contributed by atoms with Gasteiger partial charge in [-0.25, -0.2) is 0 Å². The van der Waals surface area contributed by atoms with E-state index in [1.165, 1.54) is 12.2 Å². The van der Waals surface area contributed by atoms with E-state index in [1.807, 2.05) is 37.7 Å². The first-order chi connectivity index (χ1) is 6.91. The third-order valence-corrected chi connectivity index (χ3v) is 4.10. The monoisotopic (exact) mass is 232 g/mol. The summed E-state index contributed by atoms with van der Waals surface area (Å²) >= 11 is 2.02. The van der Waals surface area contributed by atoms with Crippen LogP contribution in [-0.4, -0.2) is 59.8 Å². The van der Waals surface area contributed by atoms with Crippen molar-refractivity contribution in [1.82, 2.24) is 10.2 Å². The van der Waals surface area contributed by atoms with Crippen molar-refractivity contribution in [2.45, 2.75) is 37.2 Å². The second-order valence-electron chi connectivity index (χ2n) is 5.09. The number of aliphatic hydroxyl groups is 1. The standard InChI is InChI=1S/C11H24N2OS/c1-9-10(5-6-15-9)12-7-11(2,14)8-13(3)4/h9-10,12,14H,5-8H2,1-4H3. The Hall–Kier alpha value is 0.230. The number of thioether (sulfide) groups is 1. The molecule has 1 aliphatic rings. The maximum atomic E-state index is 10.1. The Morgan fingerprint density at radius 1 is 1.53 bits per heavy atom. The summed E-state index contributed by atoms with van der Waals surface area (Å²) in [4.78, 5) is 2.02. The van der Waals surface area contributed by atoms with Gasteiger partial charge in [0.25, 0.3) is 0 Å². The SMILES string of the molecule is CC1SCCC1NCC(C)(O)CN(C)C. The van der Waals surface area contributed by atoms with Gasteiger partial charge in [-0.15, -0.1) is 0 Å². The van der Waals surface area contributed by atoms with Gasteiger partial charge in [-0.2, -0.15) is 11.8 Å². The van der Waals surface area contributed by atoms with Crippen molar-refractivity contribution >= 4 is 11.8 Å². The molecule has 1 saturated heterocycles.